The number of hydrogen-bond donors (Lipinski definition) is 0. The zero-order valence-corrected chi connectivity index (χ0v) is 11.8. The molecule has 3 heterocycles. The van der Waals surface area contributed by atoms with Gasteiger partial charge in [0.15, 0.2) is 5.82 Å². The van der Waals surface area contributed by atoms with E-state index >= 15 is 0 Å². The molecule has 8 nitrogen and oxygen atoms in total. The predicted molar refractivity (Wildman–Crippen MR) is 71.3 cm³/mol. The summed E-state index contributed by atoms with van der Waals surface area (Å²) in [6.07, 6.45) is 5.73. The Morgan fingerprint density at radius 3 is 3.10 bits per heavy atom. The van der Waals surface area contributed by atoms with Crippen LogP contribution >= 0.6 is 0 Å². The van der Waals surface area contributed by atoms with Gasteiger partial charge in [0.05, 0.1) is 25.8 Å². The van der Waals surface area contributed by atoms with Crippen molar-refractivity contribution in [3.05, 3.63) is 24.4 Å². The summed E-state index contributed by atoms with van der Waals surface area (Å²) in [6, 6.07) is 0. The Balaban J connectivity index is 1.33. The molecule has 0 radical (unpaired) electrons. The summed E-state index contributed by atoms with van der Waals surface area (Å²) < 4.78 is 12.9. The largest absolute Gasteiger partial charge is 0.374 e. The molecule has 0 bridgehead atoms. The molecule has 0 spiro atoms. The first kappa shape index (κ1) is 12.9. The van der Waals surface area contributed by atoms with E-state index in [0.717, 1.165) is 31.3 Å². The highest BCUT2D eigenvalue weighted by Crippen LogP contribution is 2.38. The predicted octanol–water partition coefficient (Wildman–Crippen LogP) is 0.439. The monoisotopic (exact) mass is 290 g/mol. The van der Waals surface area contributed by atoms with Crippen molar-refractivity contribution in [3.8, 4) is 0 Å². The average Bonchev–Trinajstić information content (AvgIpc) is 3.02. The van der Waals surface area contributed by atoms with Crippen molar-refractivity contribution in [2.24, 2.45) is 0 Å². The summed E-state index contributed by atoms with van der Waals surface area (Å²) in [7, 11) is 0. The number of morpholine rings is 1. The molecule has 112 valence electrons. The minimum absolute atomic E-state index is 0.121. The van der Waals surface area contributed by atoms with Crippen LogP contribution in [0.2, 0.25) is 0 Å². The maximum atomic E-state index is 5.78. The molecule has 2 aromatic heterocycles. The fraction of sp³-hybridized carbons (Fsp3) is 0.692. The van der Waals surface area contributed by atoms with E-state index in [2.05, 4.69) is 25.1 Å². The lowest BCUT2D eigenvalue weighted by atomic mass is 10.2. The first-order valence-corrected chi connectivity index (χ1v) is 7.35. The second kappa shape index (κ2) is 5.53. The van der Waals surface area contributed by atoms with E-state index < -0.39 is 0 Å². The van der Waals surface area contributed by atoms with E-state index in [1.165, 1.54) is 12.8 Å². The number of ether oxygens (including phenoxy) is 1. The Morgan fingerprint density at radius 2 is 2.29 bits per heavy atom. The van der Waals surface area contributed by atoms with Gasteiger partial charge in [-0.1, -0.05) is 5.16 Å². The third-order valence-electron chi connectivity index (χ3n) is 3.86. The lowest BCUT2D eigenvalue weighted by Crippen LogP contribution is -2.43. The van der Waals surface area contributed by atoms with Crippen molar-refractivity contribution < 1.29 is 9.26 Å². The molecule has 0 aromatic carbocycles. The second-order valence-corrected chi connectivity index (χ2v) is 5.67. The first-order valence-electron chi connectivity index (χ1n) is 7.35. The molecule has 2 aliphatic rings. The van der Waals surface area contributed by atoms with Crippen LogP contribution < -0.4 is 0 Å². The van der Waals surface area contributed by atoms with Gasteiger partial charge in [0.1, 0.15) is 12.7 Å². The Bertz CT molecular complexity index is 579. The molecule has 1 atom stereocenters. The van der Waals surface area contributed by atoms with E-state index in [-0.39, 0.29) is 6.10 Å². The Hall–Kier alpha value is -1.80. The SMILES string of the molecule is c1ncn(C[C@@H]2CN(Cc3noc(C4CC4)n3)CCO2)n1. The summed E-state index contributed by atoms with van der Waals surface area (Å²) in [4.78, 5) is 10.7. The van der Waals surface area contributed by atoms with Crippen molar-refractivity contribution in [2.75, 3.05) is 19.7 Å². The molecule has 2 aromatic rings. The zero-order chi connectivity index (χ0) is 14.1. The van der Waals surface area contributed by atoms with Crippen LogP contribution in [-0.2, 0) is 17.8 Å². The number of rotatable bonds is 5. The maximum absolute atomic E-state index is 5.78. The van der Waals surface area contributed by atoms with Gasteiger partial charge in [-0.2, -0.15) is 10.1 Å². The highest BCUT2D eigenvalue weighted by Gasteiger charge is 2.30. The van der Waals surface area contributed by atoms with Crippen LogP contribution in [0.1, 0.15) is 30.5 Å². The summed E-state index contributed by atoms with van der Waals surface area (Å²) in [6.45, 7) is 3.88. The number of hydrogen-bond acceptors (Lipinski definition) is 7. The van der Waals surface area contributed by atoms with E-state index in [1.54, 1.807) is 17.3 Å². The summed E-state index contributed by atoms with van der Waals surface area (Å²) in [5.74, 6) is 2.09. The van der Waals surface area contributed by atoms with Gasteiger partial charge in [-0.3, -0.25) is 9.58 Å². The number of nitrogens with zero attached hydrogens (tertiary/aromatic N) is 6. The first-order chi connectivity index (χ1) is 10.4. The minimum atomic E-state index is 0.121. The number of aromatic nitrogens is 5. The molecular weight excluding hydrogens is 272 g/mol. The van der Waals surface area contributed by atoms with Crippen LogP contribution in [0.5, 0.6) is 0 Å². The summed E-state index contributed by atoms with van der Waals surface area (Å²) in [5.41, 5.74) is 0. The highest BCUT2D eigenvalue weighted by atomic mass is 16.5. The standard InChI is InChI=1S/C13H18N6O2/c1-2-10(1)13-16-12(17-21-13)7-18-3-4-20-11(5-18)6-19-9-14-8-15-19/h8-11H,1-7H2/t11-/m0/s1. The van der Waals surface area contributed by atoms with Crippen LogP contribution in [0.15, 0.2) is 17.2 Å². The molecule has 0 unspecified atom stereocenters. The van der Waals surface area contributed by atoms with Crippen LogP contribution in [0.3, 0.4) is 0 Å². The van der Waals surface area contributed by atoms with Crippen molar-refractivity contribution in [1.82, 2.24) is 29.8 Å². The van der Waals surface area contributed by atoms with E-state index in [1.807, 2.05) is 0 Å². The average molecular weight is 290 g/mol. The van der Waals surface area contributed by atoms with Gasteiger partial charge in [0.25, 0.3) is 0 Å². The quantitative estimate of drug-likeness (QED) is 0.790. The Labute approximate surface area is 122 Å². The lowest BCUT2D eigenvalue weighted by molar-refractivity contribution is -0.0411. The molecule has 0 N–H and O–H groups in total. The molecule has 21 heavy (non-hydrogen) atoms. The molecule has 4 rings (SSSR count). The van der Waals surface area contributed by atoms with Crippen LogP contribution in [0.25, 0.3) is 0 Å². The molecule has 0 amide bonds. The third kappa shape index (κ3) is 3.11. The Morgan fingerprint density at radius 1 is 1.33 bits per heavy atom. The summed E-state index contributed by atoms with van der Waals surface area (Å²) in [5, 5.41) is 8.19. The van der Waals surface area contributed by atoms with Gasteiger partial charge in [-0.05, 0) is 12.8 Å². The van der Waals surface area contributed by atoms with Crippen molar-refractivity contribution in [3.63, 3.8) is 0 Å². The highest BCUT2D eigenvalue weighted by molar-refractivity contribution is 5.01. The lowest BCUT2D eigenvalue weighted by Gasteiger charge is -2.31. The van der Waals surface area contributed by atoms with Gasteiger partial charge in [0.2, 0.25) is 5.89 Å². The van der Waals surface area contributed by atoms with E-state index in [0.29, 0.717) is 19.1 Å². The zero-order valence-electron chi connectivity index (χ0n) is 11.8. The maximum Gasteiger partial charge on any atom is 0.229 e. The molecule has 1 saturated carbocycles. The Kier molecular flexibility index (Phi) is 3.40. The molecule has 1 aliphatic heterocycles. The molecule has 8 heteroatoms. The van der Waals surface area contributed by atoms with Crippen LogP contribution in [0.4, 0.5) is 0 Å². The van der Waals surface area contributed by atoms with Crippen LogP contribution in [0, 0.1) is 0 Å². The molecule has 1 saturated heterocycles. The van der Waals surface area contributed by atoms with Gasteiger partial charge in [0, 0.05) is 19.0 Å². The van der Waals surface area contributed by atoms with E-state index in [4.69, 9.17) is 9.26 Å². The molecule has 1 aliphatic carbocycles. The van der Waals surface area contributed by atoms with Gasteiger partial charge >= 0.3 is 0 Å². The second-order valence-electron chi connectivity index (χ2n) is 5.67. The third-order valence-corrected chi connectivity index (χ3v) is 3.86. The van der Waals surface area contributed by atoms with Gasteiger partial charge < -0.3 is 9.26 Å². The summed E-state index contributed by atoms with van der Waals surface area (Å²) >= 11 is 0. The smallest absolute Gasteiger partial charge is 0.229 e. The fourth-order valence-corrected chi connectivity index (χ4v) is 2.60. The van der Waals surface area contributed by atoms with Crippen molar-refractivity contribution >= 4 is 0 Å². The van der Waals surface area contributed by atoms with Crippen molar-refractivity contribution in [2.45, 2.75) is 38.0 Å². The fourth-order valence-electron chi connectivity index (χ4n) is 2.60. The van der Waals surface area contributed by atoms with E-state index in [9.17, 15) is 0 Å². The molecular formula is C13H18N6O2. The normalized spacial score (nSPS) is 23.5. The van der Waals surface area contributed by atoms with Gasteiger partial charge in [-0.25, -0.2) is 4.98 Å². The molecule has 2 fully saturated rings. The minimum Gasteiger partial charge on any atom is -0.374 e. The van der Waals surface area contributed by atoms with Gasteiger partial charge in [-0.15, -0.1) is 0 Å². The van der Waals surface area contributed by atoms with Crippen LogP contribution in [-0.4, -0.2) is 55.6 Å². The topological polar surface area (TPSA) is 82.1 Å². The van der Waals surface area contributed by atoms with Crippen molar-refractivity contribution in [1.29, 1.82) is 0 Å².